The minimum Gasteiger partial charge on any atom is -0.314 e. The van der Waals surface area contributed by atoms with Gasteiger partial charge in [0.05, 0.1) is 0 Å². The number of nitrogens with one attached hydrogen (secondary N) is 1. The average molecular weight is 306 g/mol. The Kier molecular flexibility index (Phi) is 4.91. The summed E-state index contributed by atoms with van der Waals surface area (Å²) in [5.41, 5.74) is 1.45. The molecule has 0 radical (unpaired) electrons. The van der Waals surface area contributed by atoms with Gasteiger partial charge in [-0.15, -0.1) is 0 Å². The SMILES string of the molecule is CC(C)NCC(CC1CC2CCC1C2)c1ccc(Cl)cc1. The molecule has 0 saturated heterocycles. The number of halogens is 1. The van der Waals surface area contributed by atoms with Crippen LogP contribution in [0.25, 0.3) is 0 Å². The van der Waals surface area contributed by atoms with Crippen LogP contribution in [0.5, 0.6) is 0 Å². The monoisotopic (exact) mass is 305 g/mol. The molecule has 2 saturated carbocycles. The molecule has 2 fully saturated rings. The predicted octanol–water partition coefficient (Wildman–Crippen LogP) is 5.25. The van der Waals surface area contributed by atoms with Gasteiger partial charge in [0.15, 0.2) is 0 Å². The third-order valence-electron chi connectivity index (χ3n) is 5.59. The van der Waals surface area contributed by atoms with Crippen LogP contribution in [-0.4, -0.2) is 12.6 Å². The lowest BCUT2D eigenvalue weighted by Gasteiger charge is -2.28. The van der Waals surface area contributed by atoms with E-state index in [2.05, 4.69) is 31.3 Å². The topological polar surface area (TPSA) is 12.0 Å². The van der Waals surface area contributed by atoms with E-state index in [1.165, 1.54) is 37.7 Å². The largest absolute Gasteiger partial charge is 0.314 e. The second-order valence-electron chi connectivity index (χ2n) is 7.48. The number of benzene rings is 1. The van der Waals surface area contributed by atoms with Gasteiger partial charge in [0.1, 0.15) is 0 Å². The summed E-state index contributed by atoms with van der Waals surface area (Å²) in [5, 5.41) is 4.49. The molecule has 0 amide bonds. The first-order valence-corrected chi connectivity index (χ1v) is 8.98. The Bertz CT molecular complexity index is 453. The second-order valence-corrected chi connectivity index (χ2v) is 7.92. The van der Waals surface area contributed by atoms with Crippen LogP contribution in [0.3, 0.4) is 0 Å². The molecule has 1 aromatic rings. The van der Waals surface area contributed by atoms with Crippen molar-refractivity contribution >= 4 is 11.6 Å². The van der Waals surface area contributed by atoms with Crippen molar-refractivity contribution in [1.82, 2.24) is 5.32 Å². The first kappa shape index (κ1) is 15.4. The molecule has 2 aliphatic carbocycles. The lowest BCUT2D eigenvalue weighted by Crippen LogP contribution is -2.29. The quantitative estimate of drug-likeness (QED) is 0.757. The van der Waals surface area contributed by atoms with Gasteiger partial charge in [0.2, 0.25) is 0 Å². The van der Waals surface area contributed by atoms with Gasteiger partial charge in [-0.2, -0.15) is 0 Å². The number of fused-ring (bicyclic) bond motifs is 2. The first-order valence-electron chi connectivity index (χ1n) is 8.60. The molecule has 1 nitrogen and oxygen atoms in total. The van der Waals surface area contributed by atoms with E-state index in [9.17, 15) is 0 Å². The molecule has 1 aromatic carbocycles. The molecule has 3 rings (SSSR count). The molecular weight excluding hydrogens is 278 g/mol. The zero-order valence-electron chi connectivity index (χ0n) is 13.3. The maximum atomic E-state index is 6.05. The van der Waals surface area contributed by atoms with Gasteiger partial charge in [-0.3, -0.25) is 0 Å². The summed E-state index contributed by atoms with van der Waals surface area (Å²) in [6.07, 6.45) is 7.33. The van der Waals surface area contributed by atoms with Gasteiger partial charge >= 0.3 is 0 Å². The van der Waals surface area contributed by atoms with Crippen LogP contribution in [0.2, 0.25) is 5.02 Å². The van der Waals surface area contributed by atoms with Crippen LogP contribution < -0.4 is 5.32 Å². The summed E-state index contributed by atoms with van der Waals surface area (Å²) in [5.74, 6) is 3.65. The van der Waals surface area contributed by atoms with E-state index in [4.69, 9.17) is 11.6 Å². The van der Waals surface area contributed by atoms with Crippen LogP contribution in [-0.2, 0) is 0 Å². The molecule has 4 atom stereocenters. The number of hydrogen-bond donors (Lipinski definition) is 1. The summed E-state index contributed by atoms with van der Waals surface area (Å²) in [4.78, 5) is 0. The fourth-order valence-electron chi connectivity index (χ4n) is 4.48. The van der Waals surface area contributed by atoms with Gasteiger partial charge in [-0.1, -0.05) is 44.0 Å². The molecular formula is C19H28ClN. The van der Waals surface area contributed by atoms with Crippen LogP contribution >= 0.6 is 11.6 Å². The van der Waals surface area contributed by atoms with Crippen molar-refractivity contribution in [1.29, 1.82) is 0 Å². The predicted molar refractivity (Wildman–Crippen MR) is 90.9 cm³/mol. The second kappa shape index (κ2) is 6.71. The molecule has 2 aliphatic rings. The highest BCUT2D eigenvalue weighted by molar-refractivity contribution is 6.30. The first-order chi connectivity index (χ1) is 10.1. The zero-order valence-corrected chi connectivity index (χ0v) is 14.1. The van der Waals surface area contributed by atoms with Gasteiger partial charge in [0, 0.05) is 17.6 Å². The average Bonchev–Trinajstić information content (AvgIpc) is 3.06. The van der Waals surface area contributed by atoms with Crippen molar-refractivity contribution in [2.24, 2.45) is 17.8 Å². The molecule has 1 N–H and O–H groups in total. The van der Waals surface area contributed by atoms with Crippen molar-refractivity contribution in [3.05, 3.63) is 34.9 Å². The molecule has 0 aromatic heterocycles. The van der Waals surface area contributed by atoms with Crippen molar-refractivity contribution in [3.63, 3.8) is 0 Å². The fourth-order valence-corrected chi connectivity index (χ4v) is 4.61. The highest BCUT2D eigenvalue weighted by atomic mass is 35.5. The molecule has 0 heterocycles. The number of rotatable bonds is 6. The Morgan fingerprint density at radius 3 is 2.48 bits per heavy atom. The van der Waals surface area contributed by atoms with E-state index in [0.29, 0.717) is 12.0 Å². The maximum Gasteiger partial charge on any atom is 0.0406 e. The van der Waals surface area contributed by atoms with Gasteiger partial charge < -0.3 is 5.32 Å². The van der Waals surface area contributed by atoms with Gasteiger partial charge in [-0.05, 0) is 67.1 Å². The van der Waals surface area contributed by atoms with Crippen LogP contribution in [0.4, 0.5) is 0 Å². The highest BCUT2D eigenvalue weighted by Crippen LogP contribution is 2.51. The van der Waals surface area contributed by atoms with Crippen molar-refractivity contribution in [2.45, 2.75) is 57.9 Å². The Balaban J connectivity index is 1.68. The van der Waals surface area contributed by atoms with Gasteiger partial charge in [-0.25, -0.2) is 0 Å². The van der Waals surface area contributed by atoms with E-state index in [1.54, 1.807) is 0 Å². The van der Waals surface area contributed by atoms with Gasteiger partial charge in [0.25, 0.3) is 0 Å². The van der Waals surface area contributed by atoms with E-state index in [0.717, 1.165) is 29.3 Å². The number of hydrogen-bond acceptors (Lipinski definition) is 1. The third kappa shape index (κ3) is 3.81. The summed E-state index contributed by atoms with van der Waals surface area (Å²) in [6, 6.07) is 9.09. The lowest BCUT2D eigenvalue weighted by atomic mass is 9.80. The van der Waals surface area contributed by atoms with Crippen LogP contribution in [0.15, 0.2) is 24.3 Å². The summed E-state index contributed by atoms with van der Waals surface area (Å²) < 4.78 is 0. The molecule has 21 heavy (non-hydrogen) atoms. The maximum absolute atomic E-state index is 6.05. The van der Waals surface area contributed by atoms with E-state index >= 15 is 0 Å². The summed E-state index contributed by atoms with van der Waals surface area (Å²) in [7, 11) is 0. The molecule has 0 spiro atoms. The standard InChI is InChI=1S/C19H28ClN/c1-13(2)21-12-18(15-5-7-19(20)8-6-15)11-17-10-14-3-4-16(17)9-14/h5-8,13-14,16-18,21H,3-4,9-12H2,1-2H3. The zero-order chi connectivity index (χ0) is 14.8. The molecule has 4 unspecified atom stereocenters. The highest BCUT2D eigenvalue weighted by Gasteiger charge is 2.40. The van der Waals surface area contributed by atoms with Crippen LogP contribution in [0, 0.1) is 17.8 Å². The minimum absolute atomic E-state index is 0.555. The van der Waals surface area contributed by atoms with Crippen molar-refractivity contribution < 1.29 is 0 Å². The lowest BCUT2D eigenvalue weighted by molar-refractivity contribution is 0.289. The Morgan fingerprint density at radius 2 is 1.90 bits per heavy atom. The molecule has 2 heteroatoms. The third-order valence-corrected chi connectivity index (χ3v) is 5.84. The Labute approximate surface area is 134 Å². The summed E-state index contributed by atoms with van der Waals surface area (Å²) in [6.45, 7) is 5.56. The fraction of sp³-hybridized carbons (Fsp3) is 0.684. The smallest absolute Gasteiger partial charge is 0.0406 e. The molecule has 116 valence electrons. The molecule has 2 bridgehead atoms. The summed E-state index contributed by atoms with van der Waals surface area (Å²) >= 11 is 6.05. The van der Waals surface area contributed by atoms with Crippen molar-refractivity contribution in [2.75, 3.05) is 6.54 Å². The van der Waals surface area contributed by atoms with Crippen molar-refractivity contribution in [3.8, 4) is 0 Å². The normalized spacial score (nSPS) is 29.2. The van der Waals surface area contributed by atoms with E-state index < -0.39 is 0 Å². The minimum atomic E-state index is 0.555. The van der Waals surface area contributed by atoms with E-state index in [-0.39, 0.29) is 0 Å². The van der Waals surface area contributed by atoms with Crippen LogP contribution in [0.1, 0.15) is 57.4 Å². The Morgan fingerprint density at radius 1 is 1.14 bits per heavy atom. The Hall–Kier alpha value is -0.530. The molecule has 0 aliphatic heterocycles. The van der Waals surface area contributed by atoms with E-state index in [1.807, 2.05) is 12.1 Å².